The molecule has 0 atom stereocenters. The Balaban J connectivity index is 0.00000200. The summed E-state index contributed by atoms with van der Waals surface area (Å²) in [5.74, 6) is 1.59. The van der Waals surface area contributed by atoms with E-state index in [1.54, 1.807) is 0 Å². The number of nitrogens with zero attached hydrogens (tertiary/aromatic N) is 1. The highest BCUT2D eigenvalue weighted by Crippen LogP contribution is 2.15. The number of hydrogen-bond donors (Lipinski definition) is 2. The van der Waals surface area contributed by atoms with Crippen molar-refractivity contribution in [1.29, 1.82) is 0 Å². The molecule has 0 amide bonds. The van der Waals surface area contributed by atoms with Crippen molar-refractivity contribution >= 4 is 29.9 Å². The zero-order valence-corrected chi connectivity index (χ0v) is 14.8. The minimum Gasteiger partial charge on any atom is -0.356 e. The lowest BCUT2D eigenvalue weighted by Gasteiger charge is -2.15. The fourth-order valence-electron chi connectivity index (χ4n) is 2.22. The first kappa shape index (κ1) is 17.3. The molecule has 1 aromatic rings. The van der Waals surface area contributed by atoms with Crippen molar-refractivity contribution < 1.29 is 0 Å². The van der Waals surface area contributed by atoms with Gasteiger partial charge in [-0.1, -0.05) is 38.1 Å². The van der Waals surface area contributed by atoms with E-state index in [1.165, 1.54) is 11.1 Å². The Bertz CT molecular complexity index is 412. The van der Waals surface area contributed by atoms with Crippen LogP contribution in [0.15, 0.2) is 29.3 Å². The van der Waals surface area contributed by atoms with Crippen molar-refractivity contribution in [3.8, 4) is 0 Å². The van der Waals surface area contributed by atoms with Crippen LogP contribution in [0.3, 0.4) is 0 Å². The molecule has 1 aliphatic heterocycles. The summed E-state index contributed by atoms with van der Waals surface area (Å²) in [5, 5.41) is 6.64. The van der Waals surface area contributed by atoms with E-state index >= 15 is 0 Å². The van der Waals surface area contributed by atoms with Gasteiger partial charge in [0, 0.05) is 19.6 Å². The summed E-state index contributed by atoms with van der Waals surface area (Å²) in [7, 11) is 0. The standard InChI is InChI=1S/C16H25N3.HI/c1-13(2)15-8-6-14(7-9-15)5-3-10-17-16-18-11-4-12-19-16;/h6-9,13H,3-5,10-12H2,1-2H3,(H2,17,18,19);1H. The number of halogens is 1. The maximum absolute atomic E-state index is 4.40. The van der Waals surface area contributed by atoms with E-state index in [2.05, 4.69) is 53.7 Å². The minimum atomic E-state index is 0. The number of nitrogens with one attached hydrogen (secondary N) is 2. The number of guanidine groups is 1. The summed E-state index contributed by atoms with van der Waals surface area (Å²) in [6.07, 6.45) is 3.41. The van der Waals surface area contributed by atoms with Crippen LogP contribution in [0.1, 0.15) is 43.7 Å². The highest BCUT2D eigenvalue weighted by molar-refractivity contribution is 14.0. The summed E-state index contributed by atoms with van der Waals surface area (Å²) in [4.78, 5) is 4.40. The molecule has 2 rings (SSSR count). The van der Waals surface area contributed by atoms with Gasteiger partial charge in [-0.05, 0) is 36.3 Å². The zero-order valence-electron chi connectivity index (χ0n) is 12.5. The lowest BCUT2D eigenvalue weighted by atomic mass is 10.0. The zero-order chi connectivity index (χ0) is 13.5. The van der Waals surface area contributed by atoms with Gasteiger partial charge in [0.25, 0.3) is 0 Å². The Hall–Kier alpha value is -0.780. The first-order valence-electron chi connectivity index (χ1n) is 7.37. The van der Waals surface area contributed by atoms with Gasteiger partial charge in [0.05, 0.1) is 0 Å². The van der Waals surface area contributed by atoms with Crippen LogP contribution in [0.25, 0.3) is 0 Å². The van der Waals surface area contributed by atoms with Gasteiger partial charge in [-0.25, -0.2) is 0 Å². The van der Waals surface area contributed by atoms with Crippen LogP contribution >= 0.6 is 24.0 Å². The molecule has 0 saturated heterocycles. The molecule has 1 aromatic carbocycles. The van der Waals surface area contributed by atoms with E-state index in [4.69, 9.17) is 0 Å². The topological polar surface area (TPSA) is 36.4 Å². The largest absolute Gasteiger partial charge is 0.356 e. The molecule has 20 heavy (non-hydrogen) atoms. The maximum atomic E-state index is 4.40. The van der Waals surface area contributed by atoms with Crippen LogP contribution in [-0.4, -0.2) is 25.6 Å². The van der Waals surface area contributed by atoms with Crippen LogP contribution in [0.4, 0.5) is 0 Å². The second-order valence-corrected chi connectivity index (χ2v) is 5.44. The SMILES string of the molecule is CC(C)c1ccc(CCCNC2=NCCCN2)cc1.I. The first-order chi connectivity index (χ1) is 9.25. The monoisotopic (exact) mass is 387 g/mol. The number of aryl methyl sites for hydroxylation is 1. The molecule has 0 aliphatic carbocycles. The Kier molecular flexibility index (Phi) is 7.95. The van der Waals surface area contributed by atoms with Gasteiger partial charge in [0.15, 0.2) is 5.96 Å². The van der Waals surface area contributed by atoms with Gasteiger partial charge in [-0.2, -0.15) is 0 Å². The van der Waals surface area contributed by atoms with Crippen molar-refractivity contribution in [2.75, 3.05) is 19.6 Å². The van der Waals surface area contributed by atoms with Crippen molar-refractivity contribution in [2.45, 2.75) is 39.0 Å². The average Bonchev–Trinajstić information content (AvgIpc) is 2.45. The quantitative estimate of drug-likeness (QED) is 0.601. The van der Waals surface area contributed by atoms with E-state index in [-0.39, 0.29) is 24.0 Å². The molecular weight excluding hydrogens is 361 g/mol. The number of rotatable bonds is 5. The van der Waals surface area contributed by atoms with E-state index in [0.29, 0.717) is 5.92 Å². The second kappa shape index (κ2) is 9.21. The molecule has 1 heterocycles. The van der Waals surface area contributed by atoms with E-state index < -0.39 is 0 Å². The van der Waals surface area contributed by atoms with Crippen LogP contribution in [0.2, 0.25) is 0 Å². The Morgan fingerprint density at radius 2 is 2.00 bits per heavy atom. The normalized spacial score (nSPS) is 14.2. The van der Waals surface area contributed by atoms with Gasteiger partial charge in [-0.15, -0.1) is 24.0 Å². The number of hydrogen-bond acceptors (Lipinski definition) is 3. The van der Waals surface area contributed by atoms with Gasteiger partial charge in [0.2, 0.25) is 0 Å². The molecule has 112 valence electrons. The van der Waals surface area contributed by atoms with Crippen molar-refractivity contribution in [3.05, 3.63) is 35.4 Å². The predicted molar refractivity (Wildman–Crippen MR) is 97.2 cm³/mol. The molecule has 0 radical (unpaired) electrons. The molecule has 0 aromatic heterocycles. The van der Waals surface area contributed by atoms with Crippen LogP contribution < -0.4 is 10.6 Å². The molecule has 3 nitrogen and oxygen atoms in total. The summed E-state index contributed by atoms with van der Waals surface area (Å²) in [6.45, 7) is 7.44. The van der Waals surface area contributed by atoms with Gasteiger partial charge >= 0.3 is 0 Å². The first-order valence-corrected chi connectivity index (χ1v) is 7.37. The smallest absolute Gasteiger partial charge is 0.191 e. The molecule has 0 saturated carbocycles. The highest BCUT2D eigenvalue weighted by atomic mass is 127. The van der Waals surface area contributed by atoms with E-state index in [0.717, 1.165) is 44.9 Å². The third-order valence-corrected chi connectivity index (χ3v) is 3.48. The summed E-state index contributed by atoms with van der Waals surface area (Å²) in [6, 6.07) is 9.01. The van der Waals surface area contributed by atoms with E-state index in [1.807, 2.05) is 0 Å². The van der Waals surface area contributed by atoms with E-state index in [9.17, 15) is 0 Å². The van der Waals surface area contributed by atoms with Crippen molar-refractivity contribution in [1.82, 2.24) is 10.6 Å². The molecule has 0 unspecified atom stereocenters. The molecule has 2 N–H and O–H groups in total. The summed E-state index contributed by atoms with van der Waals surface area (Å²) in [5.41, 5.74) is 2.84. The van der Waals surface area contributed by atoms with Crippen LogP contribution in [0, 0.1) is 0 Å². The molecule has 4 heteroatoms. The molecule has 1 aliphatic rings. The van der Waals surface area contributed by atoms with Gasteiger partial charge < -0.3 is 10.6 Å². The lowest BCUT2D eigenvalue weighted by Crippen LogP contribution is -2.41. The van der Waals surface area contributed by atoms with Gasteiger partial charge in [-0.3, -0.25) is 4.99 Å². The maximum Gasteiger partial charge on any atom is 0.191 e. The molecular formula is C16H26IN3. The van der Waals surface area contributed by atoms with Crippen molar-refractivity contribution in [2.24, 2.45) is 4.99 Å². The predicted octanol–water partition coefficient (Wildman–Crippen LogP) is 3.30. The molecule has 0 fully saturated rings. The minimum absolute atomic E-state index is 0. The summed E-state index contributed by atoms with van der Waals surface area (Å²) < 4.78 is 0. The van der Waals surface area contributed by atoms with Crippen LogP contribution in [0.5, 0.6) is 0 Å². The number of aliphatic imine (C=N–C) groups is 1. The lowest BCUT2D eigenvalue weighted by molar-refractivity contribution is 0.685. The fraction of sp³-hybridized carbons (Fsp3) is 0.562. The third-order valence-electron chi connectivity index (χ3n) is 3.48. The highest BCUT2D eigenvalue weighted by Gasteiger charge is 2.02. The third kappa shape index (κ3) is 5.69. The van der Waals surface area contributed by atoms with Gasteiger partial charge in [0.1, 0.15) is 0 Å². The Labute approximate surface area is 139 Å². The Morgan fingerprint density at radius 1 is 1.25 bits per heavy atom. The molecule has 0 bridgehead atoms. The second-order valence-electron chi connectivity index (χ2n) is 5.44. The van der Waals surface area contributed by atoms with Crippen molar-refractivity contribution in [3.63, 3.8) is 0 Å². The van der Waals surface area contributed by atoms with Crippen LogP contribution in [-0.2, 0) is 6.42 Å². The number of benzene rings is 1. The Morgan fingerprint density at radius 3 is 2.60 bits per heavy atom. The molecule has 0 spiro atoms. The average molecular weight is 387 g/mol. The summed E-state index contributed by atoms with van der Waals surface area (Å²) >= 11 is 0. The fourth-order valence-corrected chi connectivity index (χ4v) is 2.22.